The Balaban J connectivity index is 1.56. The number of alkyl halides is 3. The SMILES string of the molecule is FC(F)(F)COCc1noc(-c2cn(CC3CCCN3)nn2)n1. The van der Waals surface area contributed by atoms with Crippen molar-refractivity contribution in [3.8, 4) is 11.6 Å². The number of nitrogens with one attached hydrogen (secondary N) is 1. The molecule has 0 saturated carbocycles. The number of rotatable bonds is 6. The Kier molecular flexibility index (Phi) is 4.57. The van der Waals surface area contributed by atoms with Gasteiger partial charge in [-0.25, -0.2) is 0 Å². The van der Waals surface area contributed by atoms with Crippen LogP contribution in [0.2, 0.25) is 0 Å². The van der Waals surface area contributed by atoms with E-state index >= 15 is 0 Å². The van der Waals surface area contributed by atoms with E-state index in [1.807, 2.05) is 0 Å². The highest BCUT2D eigenvalue weighted by Gasteiger charge is 2.27. The predicted molar refractivity (Wildman–Crippen MR) is 70.0 cm³/mol. The number of aromatic nitrogens is 5. The third-order valence-electron chi connectivity index (χ3n) is 3.29. The second-order valence-corrected chi connectivity index (χ2v) is 5.24. The fourth-order valence-electron chi connectivity index (χ4n) is 2.30. The fourth-order valence-corrected chi connectivity index (χ4v) is 2.30. The second kappa shape index (κ2) is 6.62. The van der Waals surface area contributed by atoms with Gasteiger partial charge in [-0.3, -0.25) is 4.68 Å². The molecule has 2 aromatic heterocycles. The Hall–Kier alpha value is -2.01. The lowest BCUT2D eigenvalue weighted by Crippen LogP contribution is -2.26. The molecule has 23 heavy (non-hydrogen) atoms. The third kappa shape index (κ3) is 4.48. The van der Waals surface area contributed by atoms with Gasteiger partial charge in [0.05, 0.1) is 12.7 Å². The molecule has 126 valence electrons. The van der Waals surface area contributed by atoms with Crippen LogP contribution >= 0.6 is 0 Å². The lowest BCUT2D eigenvalue weighted by Gasteiger charge is -2.08. The minimum absolute atomic E-state index is 0.0243. The van der Waals surface area contributed by atoms with Gasteiger partial charge >= 0.3 is 6.18 Å². The van der Waals surface area contributed by atoms with Crippen molar-refractivity contribution < 1.29 is 22.4 Å². The van der Waals surface area contributed by atoms with Crippen LogP contribution < -0.4 is 5.32 Å². The number of halogens is 3. The van der Waals surface area contributed by atoms with Gasteiger partial charge in [0, 0.05) is 6.04 Å². The zero-order valence-corrected chi connectivity index (χ0v) is 12.1. The molecule has 3 heterocycles. The maximum Gasteiger partial charge on any atom is 0.411 e. The average molecular weight is 332 g/mol. The molecule has 1 aliphatic heterocycles. The molecule has 2 aromatic rings. The molecule has 0 aromatic carbocycles. The quantitative estimate of drug-likeness (QED) is 0.849. The summed E-state index contributed by atoms with van der Waals surface area (Å²) in [5.41, 5.74) is 0.373. The molecule has 0 spiro atoms. The predicted octanol–water partition coefficient (Wildman–Crippen LogP) is 1.16. The van der Waals surface area contributed by atoms with Crippen molar-refractivity contribution in [1.29, 1.82) is 0 Å². The molecule has 1 aliphatic rings. The van der Waals surface area contributed by atoms with Crippen LogP contribution in [0, 0.1) is 0 Å². The van der Waals surface area contributed by atoms with Gasteiger partial charge in [0.25, 0.3) is 5.89 Å². The van der Waals surface area contributed by atoms with E-state index in [0.717, 1.165) is 19.4 Å². The van der Waals surface area contributed by atoms with E-state index in [-0.39, 0.29) is 18.3 Å². The van der Waals surface area contributed by atoms with Crippen molar-refractivity contribution in [2.45, 2.75) is 38.2 Å². The zero-order chi connectivity index (χ0) is 16.3. The van der Waals surface area contributed by atoms with E-state index in [1.54, 1.807) is 10.9 Å². The Morgan fingerprint density at radius 1 is 1.43 bits per heavy atom. The molecular formula is C12H15F3N6O2. The topological polar surface area (TPSA) is 90.9 Å². The van der Waals surface area contributed by atoms with Crippen molar-refractivity contribution in [2.75, 3.05) is 13.2 Å². The van der Waals surface area contributed by atoms with Gasteiger partial charge in [-0.2, -0.15) is 18.2 Å². The molecular weight excluding hydrogens is 317 g/mol. The second-order valence-electron chi connectivity index (χ2n) is 5.24. The van der Waals surface area contributed by atoms with Crippen molar-refractivity contribution >= 4 is 0 Å². The van der Waals surface area contributed by atoms with Crippen molar-refractivity contribution in [1.82, 2.24) is 30.5 Å². The van der Waals surface area contributed by atoms with Crippen LogP contribution in [0.25, 0.3) is 11.6 Å². The number of nitrogens with zero attached hydrogens (tertiary/aromatic N) is 5. The molecule has 1 fully saturated rings. The lowest BCUT2D eigenvalue weighted by molar-refractivity contribution is -0.177. The van der Waals surface area contributed by atoms with Crippen LogP contribution in [0.3, 0.4) is 0 Å². The van der Waals surface area contributed by atoms with Crippen LogP contribution in [-0.2, 0) is 17.9 Å². The van der Waals surface area contributed by atoms with Gasteiger partial charge in [-0.1, -0.05) is 10.4 Å². The first kappa shape index (κ1) is 15.9. The summed E-state index contributed by atoms with van der Waals surface area (Å²) in [6.07, 6.45) is -0.509. The maximum absolute atomic E-state index is 12.0. The highest BCUT2D eigenvalue weighted by atomic mass is 19.4. The lowest BCUT2D eigenvalue weighted by atomic mass is 10.2. The molecule has 0 bridgehead atoms. The van der Waals surface area contributed by atoms with Gasteiger partial charge in [0.15, 0.2) is 11.5 Å². The molecule has 8 nitrogen and oxygen atoms in total. The van der Waals surface area contributed by atoms with Crippen molar-refractivity contribution in [3.05, 3.63) is 12.0 Å². The van der Waals surface area contributed by atoms with Crippen LogP contribution in [0.1, 0.15) is 18.7 Å². The molecule has 0 amide bonds. The van der Waals surface area contributed by atoms with Gasteiger partial charge in [0.2, 0.25) is 0 Å². The summed E-state index contributed by atoms with van der Waals surface area (Å²) in [5, 5.41) is 14.8. The van der Waals surface area contributed by atoms with Crippen LogP contribution in [0.15, 0.2) is 10.7 Å². The summed E-state index contributed by atoms with van der Waals surface area (Å²) >= 11 is 0. The van der Waals surface area contributed by atoms with Gasteiger partial charge < -0.3 is 14.6 Å². The van der Waals surface area contributed by atoms with E-state index in [0.29, 0.717) is 18.3 Å². The summed E-state index contributed by atoms with van der Waals surface area (Å²) < 4.78 is 47.0. The van der Waals surface area contributed by atoms with E-state index in [9.17, 15) is 13.2 Å². The molecule has 0 radical (unpaired) electrons. The molecule has 1 N–H and O–H groups in total. The summed E-state index contributed by atoms with van der Waals surface area (Å²) in [7, 11) is 0. The maximum atomic E-state index is 12.0. The highest BCUT2D eigenvalue weighted by molar-refractivity contribution is 5.43. The molecule has 11 heteroatoms. The summed E-state index contributed by atoms with van der Waals surface area (Å²) in [4.78, 5) is 3.94. The summed E-state index contributed by atoms with van der Waals surface area (Å²) in [6, 6.07) is 0.360. The number of hydrogen-bond acceptors (Lipinski definition) is 7. The molecule has 1 saturated heterocycles. The first-order chi connectivity index (χ1) is 11.0. The summed E-state index contributed by atoms with van der Waals surface area (Å²) in [5.74, 6) is 0.123. The Morgan fingerprint density at radius 2 is 2.30 bits per heavy atom. The third-order valence-corrected chi connectivity index (χ3v) is 3.29. The van der Waals surface area contributed by atoms with Gasteiger partial charge in [-0.15, -0.1) is 5.10 Å². The number of hydrogen-bond donors (Lipinski definition) is 1. The minimum Gasteiger partial charge on any atom is -0.364 e. The number of ether oxygens (including phenoxy) is 1. The van der Waals surface area contributed by atoms with Crippen molar-refractivity contribution in [2.24, 2.45) is 0 Å². The smallest absolute Gasteiger partial charge is 0.364 e. The minimum atomic E-state index is -4.39. The molecule has 1 unspecified atom stereocenters. The summed E-state index contributed by atoms with van der Waals surface area (Å²) in [6.45, 7) is -0.0650. The van der Waals surface area contributed by atoms with E-state index < -0.39 is 12.8 Å². The monoisotopic (exact) mass is 332 g/mol. The van der Waals surface area contributed by atoms with E-state index in [1.165, 1.54) is 0 Å². The Bertz CT molecular complexity index is 635. The Labute approximate surface area is 129 Å². The molecule has 0 aliphatic carbocycles. The molecule has 3 rings (SSSR count). The fraction of sp³-hybridized carbons (Fsp3) is 0.667. The standard InChI is InChI=1S/C12H15F3N6O2/c13-12(14,15)7-22-6-10-17-11(23-19-10)9-5-21(20-18-9)4-8-2-1-3-16-8/h5,8,16H,1-4,6-7H2. The van der Waals surface area contributed by atoms with Crippen molar-refractivity contribution in [3.63, 3.8) is 0 Å². The average Bonchev–Trinajstić information content (AvgIpc) is 3.18. The highest BCUT2D eigenvalue weighted by Crippen LogP contribution is 2.17. The Morgan fingerprint density at radius 3 is 3.04 bits per heavy atom. The first-order valence-corrected chi connectivity index (χ1v) is 7.10. The molecule has 1 atom stereocenters. The largest absolute Gasteiger partial charge is 0.411 e. The van der Waals surface area contributed by atoms with Crippen LogP contribution in [0.4, 0.5) is 13.2 Å². The van der Waals surface area contributed by atoms with Crippen LogP contribution in [0.5, 0.6) is 0 Å². The normalized spacial score (nSPS) is 18.7. The van der Waals surface area contributed by atoms with E-state index in [2.05, 4.69) is 30.5 Å². The first-order valence-electron chi connectivity index (χ1n) is 7.10. The van der Waals surface area contributed by atoms with E-state index in [4.69, 9.17) is 4.52 Å². The van der Waals surface area contributed by atoms with Gasteiger partial charge in [0.1, 0.15) is 13.2 Å². The van der Waals surface area contributed by atoms with Gasteiger partial charge in [-0.05, 0) is 19.4 Å². The zero-order valence-electron chi connectivity index (χ0n) is 12.1. The van der Waals surface area contributed by atoms with Crippen LogP contribution in [-0.4, -0.2) is 50.5 Å².